The van der Waals surface area contributed by atoms with Gasteiger partial charge in [0.25, 0.3) is 0 Å². The van der Waals surface area contributed by atoms with Crippen LogP contribution in [-0.2, 0) is 4.74 Å². The first-order valence-electron chi connectivity index (χ1n) is 6.22. The van der Waals surface area contributed by atoms with E-state index >= 15 is 0 Å². The second kappa shape index (κ2) is 5.99. The summed E-state index contributed by atoms with van der Waals surface area (Å²) in [6.07, 6.45) is 2.56. The largest absolute Gasteiger partial charge is 0.485 e. The molecule has 1 aliphatic heterocycles. The Bertz CT molecular complexity index is 452. The Labute approximate surface area is 112 Å². The van der Waals surface area contributed by atoms with E-state index in [1.807, 2.05) is 14.0 Å². The van der Waals surface area contributed by atoms with Gasteiger partial charge in [-0.1, -0.05) is 0 Å². The zero-order valence-corrected chi connectivity index (χ0v) is 11.1. The van der Waals surface area contributed by atoms with Gasteiger partial charge >= 0.3 is 5.97 Å². The normalized spacial score (nSPS) is 21.9. The number of carboxylic acids is 1. The van der Waals surface area contributed by atoms with Crippen molar-refractivity contribution in [2.24, 2.45) is 0 Å². The maximum absolute atomic E-state index is 11.1. The van der Waals surface area contributed by atoms with Crippen molar-refractivity contribution in [2.45, 2.75) is 19.1 Å². The molecule has 0 aromatic carbocycles. The zero-order valence-electron chi connectivity index (χ0n) is 11.1. The molecule has 1 saturated heterocycles. The number of carboxylic acid groups (broad SMARTS) is 1. The number of aromatic carboxylic acids is 1. The summed E-state index contributed by atoms with van der Waals surface area (Å²) in [4.78, 5) is 17.1. The molecule has 1 fully saturated rings. The van der Waals surface area contributed by atoms with Crippen molar-refractivity contribution in [1.82, 2.24) is 9.88 Å². The van der Waals surface area contributed by atoms with Gasteiger partial charge in [0, 0.05) is 19.3 Å². The first-order chi connectivity index (χ1) is 9.08. The van der Waals surface area contributed by atoms with Crippen molar-refractivity contribution >= 4 is 5.97 Å². The fourth-order valence-corrected chi connectivity index (χ4v) is 2.02. The lowest BCUT2D eigenvalue weighted by molar-refractivity contribution is -0.0692. The van der Waals surface area contributed by atoms with Gasteiger partial charge < -0.3 is 19.5 Å². The Hall–Kier alpha value is -1.66. The molecule has 2 rings (SSSR count). The van der Waals surface area contributed by atoms with Gasteiger partial charge in [0.1, 0.15) is 17.8 Å². The first kappa shape index (κ1) is 13.8. The molecule has 1 aromatic heterocycles. The van der Waals surface area contributed by atoms with Gasteiger partial charge in [0.15, 0.2) is 5.75 Å². The average Bonchev–Trinajstić information content (AvgIpc) is 2.39. The molecule has 0 saturated carbocycles. The highest BCUT2D eigenvalue weighted by Gasteiger charge is 2.26. The fourth-order valence-electron chi connectivity index (χ4n) is 2.02. The number of hydrogen-bond acceptors (Lipinski definition) is 5. The van der Waals surface area contributed by atoms with Crippen molar-refractivity contribution < 1.29 is 19.4 Å². The maximum Gasteiger partial charge on any atom is 0.339 e. The summed E-state index contributed by atoms with van der Waals surface area (Å²) in [6.45, 7) is 4.20. The van der Waals surface area contributed by atoms with E-state index in [1.165, 1.54) is 18.5 Å². The van der Waals surface area contributed by atoms with Crippen molar-refractivity contribution in [3.63, 3.8) is 0 Å². The van der Waals surface area contributed by atoms with Crippen LogP contribution in [-0.4, -0.2) is 59.9 Å². The van der Waals surface area contributed by atoms with Gasteiger partial charge in [-0.3, -0.25) is 4.98 Å². The zero-order chi connectivity index (χ0) is 13.8. The molecular weight excluding hydrogens is 248 g/mol. The molecule has 6 nitrogen and oxygen atoms in total. The molecule has 6 heteroatoms. The minimum atomic E-state index is -1.02. The minimum absolute atomic E-state index is 0.0689. The van der Waals surface area contributed by atoms with Gasteiger partial charge in [-0.2, -0.15) is 0 Å². The number of aromatic nitrogens is 1. The van der Waals surface area contributed by atoms with Crippen molar-refractivity contribution in [3.8, 4) is 5.75 Å². The summed E-state index contributed by atoms with van der Waals surface area (Å²) in [5.41, 5.74) is 0.117. The van der Waals surface area contributed by atoms with Crippen LogP contribution in [0.2, 0.25) is 0 Å². The minimum Gasteiger partial charge on any atom is -0.485 e. The van der Waals surface area contributed by atoms with E-state index < -0.39 is 5.97 Å². The fraction of sp³-hybridized carbons (Fsp3) is 0.538. The van der Waals surface area contributed by atoms with Gasteiger partial charge in [-0.15, -0.1) is 0 Å². The molecule has 2 unspecified atom stereocenters. The summed E-state index contributed by atoms with van der Waals surface area (Å²) in [7, 11) is 2.02. The van der Waals surface area contributed by atoms with Crippen molar-refractivity contribution in [1.29, 1.82) is 0 Å². The molecule has 0 radical (unpaired) electrons. The van der Waals surface area contributed by atoms with Crippen LogP contribution in [0, 0.1) is 0 Å². The number of likely N-dealkylation sites (N-methyl/N-ethyl adjacent to an activating group) is 1. The number of nitrogens with zero attached hydrogens (tertiary/aromatic N) is 2. The van der Waals surface area contributed by atoms with Crippen LogP contribution in [0.15, 0.2) is 18.5 Å². The van der Waals surface area contributed by atoms with Gasteiger partial charge in [-0.25, -0.2) is 4.79 Å². The molecule has 1 aliphatic rings. The molecular formula is C13H18N2O4. The lowest BCUT2D eigenvalue weighted by atomic mass is 10.2. The van der Waals surface area contributed by atoms with Crippen molar-refractivity contribution in [3.05, 3.63) is 24.0 Å². The van der Waals surface area contributed by atoms with Crippen LogP contribution in [0.25, 0.3) is 0 Å². The van der Waals surface area contributed by atoms with E-state index in [4.69, 9.17) is 14.6 Å². The maximum atomic E-state index is 11.1. The summed E-state index contributed by atoms with van der Waals surface area (Å²) < 4.78 is 11.3. The Morgan fingerprint density at radius 1 is 1.68 bits per heavy atom. The third-order valence-corrected chi connectivity index (χ3v) is 3.15. The van der Waals surface area contributed by atoms with Crippen LogP contribution in [0.3, 0.4) is 0 Å². The van der Waals surface area contributed by atoms with E-state index in [0.29, 0.717) is 6.61 Å². The quantitative estimate of drug-likeness (QED) is 0.872. The topological polar surface area (TPSA) is 71.9 Å². The average molecular weight is 266 g/mol. The van der Waals surface area contributed by atoms with E-state index in [0.717, 1.165) is 13.1 Å². The predicted octanol–water partition coefficient (Wildman–Crippen LogP) is 0.878. The Morgan fingerprint density at radius 2 is 2.47 bits per heavy atom. The van der Waals surface area contributed by atoms with E-state index in [9.17, 15) is 4.79 Å². The second-order valence-electron chi connectivity index (χ2n) is 4.67. The monoisotopic (exact) mass is 266 g/mol. The number of rotatable bonds is 4. The Balaban J connectivity index is 2.06. The van der Waals surface area contributed by atoms with Crippen LogP contribution in [0.1, 0.15) is 17.3 Å². The number of pyridine rings is 1. The molecule has 1 N–H and O–H groups in total. The lowest BCUT2D eigenvalue weighted by Crippen LogP contribution is -2.46. The second-order valence-corrected chi connectivity index (χ2v) is 4.67. The van der Waals surface area contributed by atoms with Gasteiger partial charge in [-0.05, 0) is 20.0 Å². The molecule has 0 bridgehead atoms. The van der Waals surface area contributed by atoms with Gasteiger partial charge in [0.05, 0.1) is 12.8 Å². The Kier molecular flexibility index (Phi) is 4.34. The van der Waals surface area contributed by atoms with Crippen LogP contribution < -0.4 is 4.74 Å². The highest BCUT2D eigenvalue weighted by molar-refractivity contribution is 5.90. The predicted molar refractivity (Wildman–Crippen MR) is 68.5 cm³/mol. The van der Waals surface area contributed by atoms with Crippen LogP contribution in [0.5, 0.6) is 5.75 Å². The SMILES string of the molecule is CC(Oc1cnccc1C(=O)O)C1CN(C)CCO1. The van der Waals surface area contributed by atoms with Crippen LogP contribution in [0.4, 0.5) is 0 Å². The molecule has 1 aromatic rings. The third-order valence-electron chi connectivity index (χ3n) is 3.15. The molecule has 0 aliphatic carbocycles. The smallest absolute Gasteiger partial charge is 0.339 e. The summed E-state index contributed by atoms with van der Waals surface area (Å²) in [5, 5.41) is 9.08. The van der Waals surface area contributed by atoms with Crippen LogP contribution >= 0.6 is 0 Å². The summed E-state index contributed by atoms with van der Waals surface area (Å²) >= 11 is 0. The number of morpholine rings is 1. The number of carbonyl (C=O) groups is 1. The molecule has 2 atom stereocenters. The summed E-state index contributed by atoms with van der Waals surface area (Å²) in [6, 6.07) is 1.43. The van der Waals surface area contributed by atoms with Crippen molar-refractivity contribution in [2.75, 3.05) is 26.7 Å². The molecule has 0 spiro atoms. The van der Waals surface area contributed by atoms with E-state index in [1.54, 1.807) is 0 Å². The molecule has 0 amide bonds. The lowest BCUT2D eigenvalue weighted by Gasteiger charge is -2.33. The highest BCUT2D eigenvalue weighted by Crippen LogP contribution is 2.20. The van der Waals surface area contributed by atoms with E-state index in [-0.39, 0.29) is 23.5 Å². The highest BCUT2D eigenvalue weighted by atomic mass is 16.5. The first-order valence-corrected chi connectivity index (χ1v) is 6.22. The third kappa shape index (κ3) is 3.42. The van der Waals surface area contributed by atoms with Gasteiger partial charge in [0.2, 0.25) is 0 Å². The molecule has 2 heterocycles. The van der Waals surface area contributed by atoms with E-state index in [2.05, 4.69) is 9.88 Å². The standard InChI is InChI=1S/C13H18N2O4/c1-9(12-8-15(2)5-6-18-12)19-11-7-14-4-3-10(11)13(16)17/h3-4,7,9,12H,5-6,8H2,1-2H3,(H,16,17). The Morgan fingerprint density at radius 3 is 3.16 bits per heavy atom. The summed E-state index contributed by atoms with van der Waals surface area (Å²) in [5.74, 6) is -0.745. The molecule has 19 heavy (non-hydrogen) atoms. The number of hydrogen-bond donors (Lipinski definition) is 1. The molecule has 104 valence electrons. The number of ether oxygens (including phenoxy) is 2.